The summed E-state index contributed by atoms with van der Waals surface area (Å²) in [5, 5.41) is 20.4. The quantitative estimate of drug-likeness (QED) is 0.282. The van der Waals surface area contributed by atoms with Gasteiger partial charge >= 0.3 is 20.8 Å². The van der Waals surface area contributed by atoms with Crippen molar-refractivity contribution in [2.75, 3.05) is 0 Å². The van der Waals surface area contributed by atoms with Crippen molar-refractivity contribution in [2.24, 2.45) is 40.4 Å². The van der Waals surface area contributed by atoms with Crippen LogP contribution >= 0.6 is 0 Å². The molecule has 4 fully saturated rings. The maximum atomic E-state index is 10.3. The molecule has 4 aliphatic rings. The normalized spacial score (nSPS) is 43.4. The van der Waals surface area contributed by atoms with Crippen LogP contribution in [0.15, 0.2) is 0 Å². The molecular weight excluding hydrogens is 476 g/mol. The highest BCUT2D eigenvalue weighted by Gasteiger charge is 2.60. The van der Waals surface area contributed by atoms with Gasteiger partial charge in [-0.3, -0.25) is 18.2 Å². The first kappa shape index (κ1) is 28.9. The van der Waals surface area contributed by atoms with Crippen LogP contribution < -0.4 is 0 Å². The third kappa shape index (κ3) is 7.33. The van der Waals surface area contributed by atoms with E-state index in [4.69, 9.17) is 35.0 Å². The fraction of sp³-hybridized carbons (Fsp3) is 1.00. The zero-order valence-corrected chi connectivity index (χ0v) is 21.2. The van der Waals surface area contributed by atoms with Crippen molar-refractivity contribution in [3.8, 4) is 0 Å². The molecule has 196 valence electrons. The van der Waals surface area contributed by atoms with Crippen LogP contribution in [0.4, 0.5) is 0 Å². The Kier molecular flexibility index (Phi) is 9.05. The fourth-order valence-electron chi connectivity index (χ4n) is 8.07. The Labute approximate surface area is 197 Å². The van der Waals surface area contributed by atoms with E-state index in [1.165, 1.54) is 44.9 Å². The summed E-state index contributed by atoms with van der Waals surface area (Å²) in [4.78, 5) is 0. The SMILES string of the molecule is CC(O)[C@H]1CC[C@H]2[C@@H]3CC[C@@H]4C[C@H](O)CC[C@]4(C)[C@H]3CC[C@]12C.O=S(=O)(O)O.O=S(=O)(O)O. The highest BCUT2D eigenvalue weighted by molar-refractivity contribution is 7.80. The molecule has 0 spiro atoms. The van der Waals surface area contributed by atoms with Gasteiger partial charge in [0, 0.05) is 0 Å². The first-order valence-corrected chi connectivity index (χ1v) is 14.4. The molecule has 0 bridgehead atoms. The van der Waals surface area contributed by atoms with Crippen LogP contribution in [0.3, 0.4) is 0 Å². The molecule has 0 aromatic carbocycles. The largest absolute Gasteiger partial charge is 0.394 e. The lowest BCUT2D eigenvalue weighted by atomic mass is 9.44. The number of fused-ring (bicyclic) bond motifs is 5. The Hall–Kier alpha value is -0.340. The number of aliphatic hydroxyl groups is 2. The van der Waals surface area contributed by atoms with E-state index in [1.54, 1.807) is 0 Å². The maximum Gasteiger partial charge on any atom is 0.394 e. The van der Waals surface area contributed by atoms with Crippen molar-refractivity contribution < 1.29 is 45.3 Å². The van der Waals surface area contributed by atoms with Crippen LogP contribution in [0.1, 0.15) is 78.6 Å². The van der Waals surface area contributed by atoms with E-state index in [0.717, 1.165) is 36.5 Å². The average Bonchev–Trinajstić information content (AvgIpc) is 2.97. The minimum atomic E-state index is -4.67. The summed E-state index contributed by atoms with van der Waals surface area (Å²) in [5.74, 6) is 3.87. The van der Waals surface area contributed by atoms with Gasteiger partial charge in [-0.1, -0.05) is 13.8 Å². The highest BCUT2D eigenvalue weighted by Crippen LogP contribution is 2.67. The molecule has 4 saturated carbocycles. The van der Waals surface area contributed by atoms with E-state index in [-0.39, 0.29) is 12.2 Å². The van der Waals surface area contributed by atoms with Crippen LogP contribution in [-0.4, -0.2) is 57.5 Å². The Morgan fingerprint density at radius 1 is 0.758 bits per heavy atom. The molecular formula is C21H40O10S2. The average molecular weight is 517 g/mol. The monoisotopic (exact) mass is 516 g/mol. The van der Waals surface area contributed by atoms with Gasteiger partial charge in [-0.25, -0.2) is 0 Å². The summed E-state index contributed by atoms with van der Waals surface area (Å²) in [6.45, 7) is 7.08. The molecule has 9 atom stereocenters. The van der Waals surface area contributed by atoms with E-state index in [9.17, 15) is 10.2 Å². The van der Waals surface area contributed by atoms with Gasteiger partial charge in [0.15, 0.2) is 0 Å². The molecule has 0 aliphatic heterocycles. The van der Waals surface area contributed by atoms with Gasteiger partial charge in [0.1, 0.15) is 0 Å². The maximum absolute atomic E-state index is 10.3. The standard InChI is InChI=1S/C21H36O2.2H2O4S/c1-13(22)17-6-7-18-16-5-4-14-12-15(23)8-10-20(14,2)19(16)9-11-21(17,18)3;2*1-5(2,3)4/h13-19,22-23H,4-12H2,1-3H3;2*(H2,1,2,3,4)/t13?,14-,15-,16+,17-,18+,19+,20+,21-;;/m1../s1. The lowest BCUT2D eigenvalue weighted by molar-refractivity contribution is -0.132. The fourth-order valence-corrected chi connectivity index (χ4v) is 8.07. The predicted octanol–water partition coefficient (Wildman–Crippen LogP) is 3.08. The molecule has 33 heavy (non-hydrogen) atoms. The molecule has 0 saturated heterocycles. The molecule has 10 nitrogen and oxygen atoms in total. The molecule has 1 unspecified atom stereocenters. The van der Waals surface area contributed by atoms with Crippen molar-refractivity contribution in [1.29, 1.82) is 0 Å². The lowest BCUT2D eigenvalue weighted by Gasteiger charge is -2.61. The summed E-state index contributed by atoms with van der Waals surface area (Å²) in [6, 6.07) is 0. The Morgan fingerprint density at radius 3 is 1.76 bits per heavy atom. The van der Waals surface area contributed by atoms with E-state index in [1.807, 2.05) is 6.92 Å². The summed E-state index contributed by atoms with van der Waals surface area (Å²) in [6.07, 6.45) is 11.1. The first-order chi connectivity index (χ1) is 14.9. The topological polar surface area (TPSA) is 190 Å². The lowest BCUT2D eigenvalue weighted by Crippen LogP contribution is -2.54. The second kappa shape index (κ2) is 10.3. The first-order valence-electron chi connectivity index (χ1n) is 11.6. The van der Waals surface area contributed by atoms with Gasteiger partial charge in [0.2, 0.25) is 0 Å². The number of aliphatic hydroxyl groups excluding tert-OH is 2. The number of hydrogen-bond donors (Lipinski definition) is 6. The van der Waals surface area contributed by atoms with Gasteiger partial charge in [0.05, 0.1) is 12.2 Å². The second-order valence-corrected chi connectivity index (χ2v) is 12.7. The Bertz CT molecular complexity index is 827. The van der Waals surface area contributed by atoms with Crippen molar-refractivity contribution in [2.45, 2.75) is 90.8 Å². The molecule has 0 heterocycles. The number of rotatable bonds is 1. The summed E-state index contributed by atoms with van der Waals surface area (Å²) in [7, 11) is -9.33. The van der Waals surface area contributed by atoms with Crippen molar-refractivity contribution >= 4 is 20.8 Å². The van der Waals surface area contributed by atoms with Crippen LogP contribution in [0.25, 0.3) is 0 Å². The van der Waals surface area contributed by atoms with Crippen LogP contribution in [0, 0.1) is 40.4 Å². The summed E-state index contributed by atoms with van der Waals surface area (Å²) >= 11 is 0. The van der Waals surface area contributed by atoms with E-state index >= 15 is 0 Å². The molecule has 0 amide bonds. The molecule has 6 N–H and O–H groups in total. The van der Waals surface area contributed by atoms with Gasteiger partial charge in [-0.15, -0.1) is 0 Å². The zero-order valence-electron chi connectivity index (χ0n) is 19.5. The minimum Gasteiger partial charge on any atom is -0.393 e. The molecule has 12 heteroatoms. The minimum absolute atomic E-state index is 0.0374. The van der Waals surface area contributed by atoms with Gasteiger partial charge in [0.25, 0.3) is 0 Å². The third-order valence-electron chi connectivity index (χ3n) is 9.29. The molecule has 0 radical (unpaired) electrons. The predicted molar refractivity (Wildman–Crippen MR) is 121 cm³/mol. The van der Waals surface area contributed by atoms with E-state index in [2.05, 4.69) is 13.8 Å². The van der Waals surface area contributed by atoms with Crippen LogP contribution in [0.2, 0.25) is 0 Å². The molecule has 4 aliphatic carbocycles. The molecule has 0 aromatic rings. The second-order valence-electron chi connectivity index (χ2n) is 10.9. The third-order valence-corrected chi connectivity index (χ3v) is 9.29. The van der Waals surface area contributed by atoms with Gasteiger partial charge < -0.3 is 10.2 Å². The van der Waals surface area contributed by atoms with Crippen molar-refractivity contribution in [3.05, 3.63) is 0 Å². The van der Waals surface area contributed by atoms with Crippen molar-refractivity contribution in [1.82, 2.24) is 0 Å². The Balaban J connectivity index is 0.000000327. The van der Waals surface area contributed by atoms with E-state index in [0.29, 0.717) is 16.7 Å². The van der Waals surface area contributed by atoms with Crippen molar-refractivity contribution in [3.63, 3.8) is 0 Å². The van der Waals surface area contributed by atoms with E-state index < -0.39 is 20.8 Å². The summed E-state index contributed by atoms with van der Waals surface area (Å²) in [5.41, 5.74) is 0.860. The molecule has 4 rings (SSSR count). The summed E-state index contributed by atoms with van der Waals surface area (Å²) < 4.78 is 63.2. The van der Waals surface area contributed by atoms with Crippen LogP contribution in [0.5, 0.6) is 0 Å². The number of hydrogen-bond acceptors (Lipinski definition) is 6. The smallest absolute Gasteiger partial charge is 0.393 e. The van der Waals surface area contributed by atoms with Gasteiger partial charge in [-0.05, 0) is 105 Å². The van der Waals surface area contributed by atoms with Crippen LogP contribution in [-0.2, 0) is 20.8 Å². The van der Waals surface area contributed by atoms with Gasteiger partial charge in [-0.2, -0.15) is 16.8 Å². The Morgan fingerprint density at radius 2 is 1.24 bits per heavy atom. The molecule has 0 aromatic heterocycles. The zero-order chi connectivity index (χ0) is 25.4. The highest BCUT2D eigenvalue weighted by atomic mass is 32.3.